The Morgan fingerprint density at radius 3 is 2.42 bits per heavy atom. The molecule has 0 aliphatic carbocycles. The number of hydrogen-bond acceptors (Lipinski definition) is 3. The molecule has 106 valence electrons. The lowest BCUT2D eigenvalue weighted by atomic mass is 9.87. The van der Waals surface area contributed by atoms with E-state index in [4.69, 9.17) is 20.6 Å². The summed E-state index contributed by atoms with van der Waals surface area (Å²) in [5.74, 6) is 1.09. The second kappa shape index (κ2) is 7.14. The van der Waals surface area contributed by atoms with Crippen molar-refractivity contribution in [2.75, 3.05) is 13.7 Å². The summed E-state index contributed by atoms with van der Waals surface area (Å²) in [7, 11) is 1.66. The average molecular weight is 264 g/mol. The van der Waals surface area contributed by atoms with E-state index in [1.165, 1.54) is 0 Å². The van der Waals surface area contributed by atoms with Crippen LogP contribution in [0.15, 0.2) is 24.3 Å². The highest BCUT2D eigenvalue weighted by molar-refractivity contribution is 5.82. The highest BCUT2D eigenvalue weighted by Gasteiger charge is 2.20. The molecule has 0 unspecified atom stereocenters. The first kappa shape index (κ1) is 15.5. The zero-order valence-electron chi connectivity index (χ0n) is 12.0. The van der Waals surface area contributed by atoms with Gasteiger partial charge in [-0.25, -0.2) is 0 Å². The molecule has 19 heavy (non-hydrogen) atoms. The average Bonchev–Trinajstić information content (AvgIpc) is 2.38. The summed E-state index contributed by atoms with van der Waals surface area (Å²) in [6.45, 7) is 5.25. The maximum Gasteiger partial charge on any atom is 0.118 e. The van der Waals surface area contributed by atoms with Crippen LogP contribution in [0.2, 0.25) is 0 Å². The summed E-state index contributed by atoms with van der Waals surface area (Å²) in [5.41, 5.74) is 6.43. The van der Waals surface area contributed by atoms with Crippen LogP contribution in [0, 0.1) is 10.8 Å². The van der Waals surface area contributed by atoms with Gasteiger partial charge in [0.1, 0.15) is 5.75 Å². The van der Waals surface area contributed by atoms with E-state index in [0.717, 1.165) is 24.2 Å². The highest BCUT2D eigenvalue weighted by atomic mass is 16.5. The van der Waals surface area contributed by atoms with Gasteiger partial charge >= 0.3 is 0 Å². The molecule has 0 bridgehead atoms. The van der Waals surface area contributed by atoms with Crippen molar-refractivity contribution in [3.63, 3.8) is 0 Å². The first-order valence-corrected chi connectivity index (χ1v) is 6.51. The van der Waals surface area contributed by atoms with Crippen LogP contribution in [-0.4, -0.2) is 19.6 Å². The fourth-order valence-corrected chi connectivity index (χ4v) is 1.66. The Morgan fingerprint density at radius 2 is 1.89 bits per heavy atom. The zero-order valence-corrected chi connectivity index (χ0v) is 12.0. The van der Waals surface area contributed by atoms with E-state index in [9.17, 15) is 0 Å². The van der Waals surface area contributed by atoms with E-state index in [0.29, 0.717) is 13.2 Å². The summed E-state index contributed by atoms with van der Waals surface area (Å²) >= 11 is 0. The van der Waals surface area contributed by atoms with E-state index in [2.05, 4.69) is 0 Å². The molecule has 4 heteroatoms. The monoisotopic (exact) mass is 264 g/mol. The highest BCUT2D eigenvalue weighted by Crippen LogP contribution is 2.21. The van der Waals surface area contributed by atoms with Gasteiger partial charge < -0.3 is 15.2 Å². The van der Waals surface area contributed by atoms with Crippen LogP contribution in [0.25, 0.3) is 0 Å². The summed E-state index contributed by atoms with van der Waals surface area (Å²) in [5, 5.41) is 7.48. The van der Waals surface area contributed by atoms with Gasteiger partial charge in [0.15, 0.2) is 0 Å². The molecule has 0 spiro atoms. The van der Waals surface area contributed by atoms with Crippen LogP contribution in [0.3, 0.4) is 0 Å². The Labute approximate surface area is 115 Å². The van der Waals surface area contributed by atoms with Gasteiger partial charge in [0.05, 0.1) is 19.6 Å². The summed E-state index contributed by atoms with van der Waals surface area (Å²) < 4.78 is 10.7. The SMILES string of the molecule is COc1ccc(COCCCC(C)(C)C(=N)N)cc1. The third kappa shape index (κ3) is 5.30. The number of ether oxygens (including phenoxy) is 2. The third-order valence-electron chi connectivity index (χ3n) is 3.25. The molecule has 0 fully saturated rings. The van der Waals surface area contributed by atoms with Gasteiger partial charge in [-0.1, -0.05) is 26.0 Å². The van der Waals surface area contributed by atoms with Gasteiger partial charge in [0.25, 0.3) is 0 Å². The number of methoxy groups -OCH3 is 1. The molecule has 0 saturated carbocycles. The summed E-state index contributed by atoms with van der Waals surface area (Å²) in [6, 6.07) is 7.85. The zero-order chi connectivity index (χ0) is 14.3. The third-order valence-corrected chi connectivity index (χ3v) is 3.25. The van der Waals surface area contributed by atoms with Crippen LogP contribution in [0.5, 0.6) is 5.75 Å². The Balaban J connectivity index is 2.22. The molecule has 0 amide bonds. The Kier molecular flexibility index (Phi) is 5.83. The van der Waals surface area contributed by atoms with Crippen molar-refractivity contribution in [1.29, 1.82) is 5.41 Å². The lowest BCUT2D eigenvalue weighted by molar-refractivity contribution is 0.112. The molecular formula is C15H24N2O2. The molecule has 0 saturated heterocycles. The van der Waals surface area contributed by atoms with Gasteiger partial charge in [-0.3, -0.25) is 5.41 Å². The van der Waals surface area contributed by atoms with Crippen LogP contribution in [0.4, 0.5) is 0 Å². The fourth-order valence-electron chi connectivity index (χ4n) is 1.66. The lowest BCUT2D eigenvalue weighted by Gasteiger charge is -2.22. The maximum absolute atomic E-state index is 7.48. The summed E-state index contributed by atoms with van der Waals surface area (Å²) in [4.78, 5) is 0. The molecule has 1 aromatic carbocycles. The molecule has 0 aliphatic rings. The van der Waals surface area contributed by atoms with Gasteiger partial charge in [0.2, 0.25) is 0 Å². The van der Waals surface area contributed by atoms with Gasteiger partial charge in [-0.05, 0) is 30.5 Å². The lowest BCUT2D eigenvalue weighted by Crippen LogP contribution is -2.30. The molecule has 0 atom stereocenters. The molecule has 3 N–H and O–H groups in total. The topological polar surface area (TPSA) is 68.3 Å². The van der Waals surface area contributed by atoms with E-state index in [1.807, 2.05) is 38.1 Å². The number of nitrogens with one attached hydrogen (secondary N) is 1. The second-order valence-electron chi connectivity index (χ2n) is 5.30. The molecule has 1 rings (SSSR count). The smallest absolute Gasteiger partial charge is 0.118 e. The maximum atomic E-state index is 7.48. The number of amidine groups is 1. The molecule has 0 heterocycles. The second-order valence-corrected chi connectivity index (χ2v) is 5.30. The number of benzene rings is 1. The number of rotatable bonds is 8. The van der Waals surface area contributed by atoms with E-state index < -0.39 is 0 Å². The van der Waals surface area contributed by atoms with Gasteiger partial charge in [-0.2, -0.15) is 0 Å². The normalized spacial score (nSPS) is 11.3. The Morgan fingerprint density at radius 1 is 1.26 bits per heavy atom. The van der Waals surface area contributed by atoms with Crippen LogP contribution >= 0.6 is 0 Å². The minimum Gasteiger partial charge on any atom is -0.497 e. The predicted octanol–water partition coefficient (Wildman–Crippen LogP) is 2.95. The quantitative estimate of drug-likeness (QED) is 0.431. The molecular weight excluding hydrogens is 240 g/mol. The summed E-state index contributed by atoms with van der Waals surface area (Å²) in [6.07, 6.45) is 1.77. The predicted molar refractivity (Wildman–Crippen MR) is 77.6 cm³/mol. The van der Waals surface area contributed by atoms with Crippen molar-refractivity contribution in [1.82, 2.24) is 0 Å². The minimum atomic E-state index is -0.233. The van der Waals surface area contributed by atoms with E-state index in [-0.39, 0.29) is 11.3 Å². The minimum absolute atomic E-state index is 0.233. The van der Waals surface area contributed by atoms with Crippen molar-refractivity contribution in [3.05, 3.63) is 29.8 Å². The number of hydrogen-bond donors (Lipinski definition) is 2. The Hall–Kier alpha value is -1.55. The fraction of sp³-hybridized carbons (Fsp3) is 0.533. The molecule has 0 aliphatic heterocycles. The van der Waals surface area contributed by atoms with Gasteiger partial charge in [0, 0.05) is 12.0 Å². The number of nitrogens with two attached hydrogens (primary N) is 1. The van der Waals surface area contributed by atoms with Crippen molar-refractivity contribution >= 4 is 5.84 Å². The van der Waals surface area contributed by atoms with E-state index in [1.54, 1.807) is 7.11 Å². The van der Waals surface area contributed by atoms with Crippen LogP contribution in [0.1, 0.15) is 32.3 Å². The Bertz CT molecular complexity index is 399. The van der Waals surface area contributed by atoms with Crippen molar-refractivity contribution in [3.8, 4) is 5.75 Å². The standard InChI is InChI=1S/C15H24N2O2/c1-15(2,14(16)17)9-4-10-19-11-12-5-7-13(18-3)8-6-12/h5-8H,4,9-11H2,1-3H3,(H3,16,17). The molecule has 1 aromatic rings. The molecule has 0 aromatic heterocycles. The van der Waals surface area contributed by atoms with Crippen molar-refractivity contribution < 1.29 is 9.47 Å². The van der Waals surface area contributed by atoms with Crippen molar-refractivity contribution in [2.45, 2.75) is 33.3 Å². The first-order valence-electron chi connectivity index (χ1n) is 6.51. The van der Waals surface area contributed by atoms with Crippen LogP contribution < -0.4 is 10.5 Å². The molecule has 4 nitrogen and oxygen atoms in total. The molecule has 0 radical (unpaired) electrons. The van der Waals surface area contributed by atoms with Gasteiger partial charge in [-0.15, -0.1) is 0 Å². The van der Waals surface area contributed by atoms with Crippen molar-refractivity contribution in [2.24, 2.45) is 11.1 Å². The first-order chi connectivity index (χ1) is 8.95. The largest absolute Gasteiger partial charge is 0.497 e. The van der Waals surface area contributed by atoms with Crippen LogP contribution in [-0.2, 0) is 11.3 Å². The van der Waals surface area contributed by atoms with E-state index >= 15 is 0 Å².